The van der Waals surface area contributed by atoms with Crippen molar-refractivity contribution in [2.45, 2.75) is 19.4 Å². The van der Waals surface area contributed by atoms with E-state index in [2.05, 4.69) is 38.1 Å². The third-order valence-corrected chi connectivity index (χ3v) is 5.19. The minimum Gasteiger partial charge on any atom is -0.449 e. The molecule has 1 saturated carbocycles. The highest BCUT2D eigenvalue weighted by molar-refractivity contribution is 5.83. The van der Waals surface area contributed by atoms with Crippen LogP contribution >= 0.6 is 0 Å². The number of carbonyl (C=O) groups excluding carboxylic acids is 1. The molecule has 2 fully saturated rings. The molecule has 2 atom stereocenters. The minimum atomic E-state index is -0.631. The summed E-state index contributed by atoms with van der Waals surface area (Å²) in [6, 6.07) is 20.3. The first kappa shape index (κ1) is 12.6. The number of benzene rings is 2. The van der Waals surface area contributed by atoms with Gasteiger partial charge in [0.2, 0.25) is 0 Å². The van der Waals surface area contributed by atoms with Gasteiger partial charge in [0.15, 0.2) is 5.60 Å². The number of esters is 1. The van der Waals surface area contributed by atoms with E-state index in [4.69, 9.17) is 4.74 Å². The largest absolute Gasteiger partial charge is 0.449 e. The van der Waals surface area contributed by atoms with Crippen molar-refractivity contribution >= 4 is 5.97 Å². The topological polar surface area (TPSA) is 26.3 Å². The van der Waals surface area contributed by atoms with E-state index >= 15 is 0 Å². The van der Waals surface area contributed by atoms with Crippen LogP contribution < -0.4 is 0 Å². The number of fused-ring (bicyclic) bond motifs is 1. The Balaban J connectivity index is 1.96. The van der Waals surface area contributed by atoms with Crippen LogP contribution in [-0.4, -0.2) is 5.97 Å². The fraction of sp³-hybridized carbons (Fsp3) is 0.316. The Morgan fingerprint density at radius 1 is 0.857 bits per heavy atom. The smallest absolute Gasteiger partial charge is 0.311 e. The van der Waals surface area contributed by atoms with Crippen molar-refractivity contribution in [1.29, 1.82) is 0 Å². The van der Waals surface area contributed by atoms with Gasteiger partial charge < -0.3 is 4.74 Å². The molecule has 2 heteroatoms. The summed E-state index contributed by atoms with van der Waals surface area (Å²) < 4.78 is 5.98. The minimum absolute atomic E-state index is 0.00101. The molecule has 2 unspecified atom stereocenters. The molecule has 4 rings (SSSR count). The van der Waals surface area contributed by atoms with Crippen LogP contribution in [0.4, 0.5) is 0 Å². The molecule has 1 heterocycles. The molecule has 2 aromatic carbocycles. The quantitative estimate of drug-likeness (QED) is 0.782. The van der Waals surface area contributed by atoms with Crippen LogP contribution in [0.5, 0.6) is 0 Å². The van der Waals surface area contributed by atoms with Crippen LogP contribution in [0.25, 0.3) is 0 Å². The second-order valence-electron chi connectivity index (χ2n) is 6.67. The molecule has 1 saturated heterocycles. The predicted molar refractivity (Wildman–Crippen MR) is 80.5 cm³/mol. The highest BCUT2D eigenvalue weighted by Crippen LogP contribution is 2.72. The van der Waals surface area contributed by atoms with E-state index in [0.717, 1.165) is 11.1 Å². The fourth-order valence-electron chi connectivity index (χ4n) is 4.14. The third-order valence-electron chi connectivity index (χ3n) is 5.19. The molecule has 2 aromatic rings. The number of ether oxygens (including phenoxy) is 1. The van der Waals surface area contributed by atoms with Gasteiger partial charge in [0.1, 0.15) is 0 Å². The van der Waals surface area contributed by atoms with Gasteiger partial charge in [-0.15, -0.1) is 0 Å². The van der Waals surface area contributed by atoms with Crippen molar-refractivity contribution < 1.29 is 9.53 Å². The van der Waals surface area contributed by atoms with E-state index in [1.165, 1.54) is 0 Å². The first-order chi connectivity index (χ1) is 10.1. The summed E-state index contributed by atoms with van der Waals surface area (Å²) in [5.74, 6) is 0.165. The lowest BCUT2D eigenvalue weighted by Gasteiger charge is -2.34. The van der Waals surface area contributed by atoms with Gasteiger partial charge in [-0.2, -0.15) is 0 Å². The zero-order chi connectivity index (χ0) is 14.7. The average molecular weight is 278 g/mol. The molecular formula is C19H18O2. The highest BCUT2D eigenvalue weighted by Gasteiger charge is 2.77. The Morgan fingerprint density at radius 3 is 1.71 bits per heavy atom. The molecule has 0 aromatic heterocycles. The Bertz CT molecular complexity index is 649. The lowest BCUT2D eigenvalue weighted by Crippen LogP contribution is -2.34. The maximum Gasteiger partial charge on any atom is 0.311 e. The van der Waals surface area contributed by atoms with Crippen molar-refractivity contribution in [3.05, 3.63) is 71.8 Å². The van der Waals surface area contributed by atoms with Gasteiger partial charge in [-0.05, 0) is 5.41 Å². The maximum absolute atomic E-state index is 12.4. The summed E-state index contributed by atoms with van der Waals surface area (Å²) in [5, 5.41) is 0. The molecule has 2 nitrogen and oxygen atoms in total. The Kier molecular flexibility index (Phi) is 2.39. The van der Waals surface area contributed by atoms with Gasteiger partial charge in [-0.1, -0.05) is 74.5 Å². The molecule has 0 radical (unpaired) electrons. The molecule has 106 valence electrons. The standard InChI is InChI=1S/C19H18O2/c1-18(2)15-16(18)19(21-17(15)20,13-9-5-3-6-10-13)14-11-7-4-8-12-14/h3-12,15-16H,1-2H3. The van der Waals surface area contributed by atoms with Crippen molar-refractivity contribution in [2.24, 2.45) is 17.3 Å². The second kappa shape index (κ2) is 3.97. The Labute approximate surface area is 124 Å². The van der Waals surface area contributed by atoms with Crippen molar-refractivity contribution in [1.82, 2.24) is 0 Å². The van der Waals surface area contributed by atoms with Gasteiger partial charge in [0, 0.05) is 17.0 Å². The summed E-state index contributed by atoms with van der Waals surface area (Å²) in [5.41, 5.74) is 1.51. The van der Waals surface area contributed by atoms with Crippen LogP contribution in [0.3, 0.4) is 0 Å². The van der Waals surface area contributed by atoms with Crippen LogP contribution in [-0.2, 0) is 15.1 Å². The van der Waals surface area contributed by atoms with Crippen molar-refractivity contribution in [3.63, 3.8) is 0 Å². The van der Waals surface area contributed by atoms with E-state index in [9.17, 15) is 4.79 Å². The second-order valence-corrected chi connectivity index (χ2v) is 6.67. The maximum atomic E-state index is 12.4. The number of hydrogen-bond donors (Lipinski definition) is 0. The first-order valence-corrected chi connectivity index (χ1v) is 7.42. The summed E-state index contributed by atoms with van der Waals surface area (Å²) in [4.78, 5) is 12.4. The Morgan fingerprint density at radius 2 is 1.33 bits per heavy atom. The molecule has 1 aliphatic heterocycles. The van der Waals surface area contributed by atoms with E-state index in [1.807, 2.05) is 36.4 Å². The number of rotatable bonds is 2. The third kappa shape index (κ3) is 1.50. The summed E-state index contributed by atoms with van der Waals surface area (Å²) in [6.07, 6.45) is 0. The van der Waals surface area contributed by atoms with Gasteiger partial charge >= 0.3 is 5.97 Å². The fourth-order valence-corrected chi connectivity index (χ4v) is 4.14. The molecular weight excluding hydrogens is 260 g/mol. The lowest BCUT2D eigenvalue weighted by atomic mass is 9.79. The van der Waals surface area contributed by atoms with Gasteiger partial charge in [-0.25, -0.2) is 0 Å². The van der Waals surface area contributed by atoms with E-state index in [1.54, 1.807) is 0 Å². The molecule has 1 aliphatic carbocycles. The van der Waals surface area contributed by atoms with Gasteiger partial charge in [-0.3, -0.25) is 4.79 Å². The van der Waals surface area contributed by atoms with Crippen LogP contribution in [0.15, 0.2) is 60.7 Å². The van der Waals surface area contributed by atoms with Crippen molar-refractivity contribution in [3.8, 4) is 0 Å². The first-order valence-electron chi connectivity index (χ1n) is 7.42. The average Bonchev–Trinajstić information content (AvgIpc) is 2.92. The highest BCUT2D eigenvalue weighted by atomic mass is 16.6. The lowest BCUT2D eigenvalue weighted by molar-refractivity contribution is -0.154. The van der Waals surface area contributed by atoms with E-state index in [0.29, 0.717) is 0 Å². The molecule has 0 bridgehead atoms. The van der Waals surface area contributed by atoms with Gasteiger partial charge in [0.05, 0.1) is 5.92 Å². The van der Waals surface area contributed by atoms with E-state index < -0.39 is 5.60 Å². The summed E-state index contributed by atoms with van der Waals surface area (Å²) in [7, 11) is 0. The molecule has 0 spiro atoms. The summed E-state index contributed by atoms with van der Waals surface area (Å²) in [6.45, 7) is 4.34. The van der Waals surface area contributed by atoms with Crippen LogP contribution in [0, 0.1) is 17.3 Å². The number of carbonyl (C=O) groups is 1. The number of cyclic esters (lactones) is 1. The van der Waals surface area contributed by atoms with E-state index in [-0.39, 0.29) is 23.2 Å². The molecule has 0 N–H and O–H groups in total. The summed E-state index contributed by atoms with van der Waals surface area (Å²) >= 11 is 0. The molecule has 21 heavy (non-hydrogen) atoms. The SMILES string of the molecule is CC1(C)C2C(=O)OC(c3ccccc3)(c3ccccc3)C21. The Hall–Kier alpha value is -2.09. The predicted octanol–water partition coefficient (Wildman–Crippen LogP) is 3.76. The zero-order valence-electron chi connectivity index (χ0n) is 12.2. The van der Waals surface area contributed by atoms with Crippen LogP contribution in [0.2, 0.25) is 0 Å². The number of hydrogen-bond acceptors (Lipinski definition) is 2. The zero-order valence-corrected chi connectivity index (χ0v) is 12.2. The molecule has 2 aliphatic rings. The monoisotopic (exact) mass is 278 g/mol. The molecule has 0 amide bonds. The normalized spacial score (nSPS) is 27.8. The van der Waals surface area contributed by atoms with Crippen molar-refractivity contribution in [2.75, 3.05) is 0 Å². The van der Waals surface area contributed by atoms with Crippen LogP contribution in [0.1, 0.15) is 25.0 Å². The van der Waals surface area contributed by atoms with Gasteiger partial charge in [0.25, 0.3) is 0 Å².